The van der Waals surface area contributed by atoms with E-state index in [1.54, 1.807) is 0 Å². The standard InChI is InChI=1S/C12H19N3O4/c13-8(1-2-10(14)16)11(17)15-5-7-3-6(7)4-9(15)12(18)19/h6-9H,1-5,13H2,(H2,14,16)(H,18,19)/t6?,7?,8-,9?/m0/s1. The van der Waals surface area contributed by atoms with E-state index in [4.69, 9.17) is 11.5 Å². The van der Waals surface area contributed by atoms with Crippen LogP contribution in [0.1, 0.15) is 25.7 Å². The first-order chi connectivity index (χ1) is 8.90. The number of rotatable bonds is 5. The lowest BCUT2D eigenvalue weighted by Crippen LogP contribution is -2.54. The average Bonchev–Trinajstić information content (AvgIpc) is 3.11. The third-order valence-electron chi connectivity index (χ3n) is 3.99. The van der Waals surface area contributed by atoms with Crippen molar-refractivity contribution >= 4 is 17.8 Å². The molecule has 1 aliphatic heterocycles. The molecular weight excluding hydrogens is 250 g/mol. The van der Waals surface area contributed by atoms with Crippen LogP contribution in [0.25, 0.3) is 0 Å². The minimum absolute atomic E-state index is 0.0323. The van der Waals surface area contributed by atoms with Crippen LogP contribution in [-0.2, 0) is 14.4 Å². The molecule has 0 spiro atoms. The fourth-order valence-corrected chi connectivity index (χ4v) is 2.73. The third-order valence-corrected chi connectivity index (χ3v) is 3.99. The van der Waals surface area contributed by atoms with E-state index in [9.17, 15) is 19.5 Å². The van der Waals surface area contributed by atoms with Gasteiger partial charge >= 0.3 is 5.97 Å². The SMILES string of the molecule is NC(=O)CC[C@H](N)C(=O)N1CC2CC2CC1C(=O)O. The Bertz CT molecular complexity index is 412. The number of carbonyl (C=O) groups excluding carboxylic acids is 2. The Morgan fingerprint density at radius 1 is 1.26 bits per heavy atom. The first-order valence-electron chi connectivity index (χ1n) is 6.47. The van der Waals surface area contributed by atoms with Gasteiger partial charge in [0, 0.05) is 13.0 Å². The van der Waals surface area contributed by atoms with Gasteiger partial charge < -0.3 is 21.5 Å². The minimum Gasteiger partial charge on any atom is -0.480 e. The summed E-state index contributed by atoms with van der Waals surface area (Å²) in [7, 11) is 0. The number of hydrogen-bond donors (Lipinski definition) is 3. The topological polar surface area (TPSA) is 127 Å². The highest BCUT2D eigenvalue weighted by Gasteiger charge is 2.49. The maximum atomic E-state index is 12.2. The number of carboxylic acids is 1. The van der Waals surface area contributed by atoms with Crippen molar-refractivity contribution in [2.24, 2.45) is 23.3 Å². The van der Waals surface area contributed by atoms with E-state index in [1.165, 1.54) is 4.90 Å². The molecule has 4 atom stereocenters. The van der Waals surface area contributed by atoms with Crippen molar-refractivity contribution in [3.05, 3.63) is 0 Å². The zero-order chi connectivity index (χ0) is 14.2. The number of hydrogen-bond acceptors (Lipinski definition) is 4. The van der Waals surface area contributed by atoms with E-state index in [0.717, 1.165) is 6.42 Å². The molecule has 1 saturated heterocycles. The molecule has 2 amide bonds. The number of nitrogens with two attached hydrogens (primary N) is 2. The number of carbonyl (C=O) groups is 3. The highest BCUT2D eigenvalue weighted by molar-refractivity contribution is 5.87. The average molecular weight is 269 g/mol. The molecule has 2 fully saturated rings. The van der Waals surface area contributed by atoms with Gasteiger partial charge in [-0.05, 0) is 31.1 Å². The van der Waals surface area contributed by atoms with Crippen molar-refractivity contribution in [1.29, 1.82) is 0 Å². The van der Waals surface area contributed by atoms with Crippen LogP contribution in [0.4, 0.5) is 0 Å². The summed E-state index contributed by atoms with van der Waals surface area (Å²) in [5.74, 6) is -1.03. The van der Waals surface area contributed by atoms with Gasteiger partial charge in [-0.3, -0.25) is 9.59 Å². The van der Waals surface area contributed by atoms with E-state index in [-0.39, 0.29) is 18.7 Å². The van der Waals surface area contributed by atoms with Gasteiger partial charge in [-0.25, -0.2) is 4.79 Å². The Kier molecular flexibility index (Phi) is 3.75. The third kappa shape index (κ3) is 3.04. The molecule has 0 aromatic carbocycles. The molecule has 1 aliphatic carbocycles. The van der Waals surface area contributed by atoms with Crippen molar-refractivity contribution in [3.63, 3.8) is 0 Å². The highest BCUT2D eigenvalue weighted by Crippen LogP contribution is 2.47. The lowest BCUT2D eigenvalue weighted by Gasteiger charge is -2.34. The predicted octanol–water partition coefficient (Wildman–Crippen LogP) is -1.10. The van der Waals surface area contributed by atoms with Gasteiger partial charge in [0.2, 0.25) is 11.8 Å². The number of fused-ring (bicyclic) bond motifs is 1. The second-order valence-electron chi connectivity index (χ2n) is 5.45. The summed E-state index contributed by atoms with van der Waals surface area (Å²) in [6.07, 6.45) is 1.69. The van der Waals surface area contributed by atoms with E-state index < -0.39 is 24.0 Å². The Morgan fingerprint density at radius 2 is 1.95 bits per heavy atom. The molecule has 5 N–H and O–H groups in total. The Hall–Kier alpha value is -1.63. The molecule has 7 heteroatoms. The van der Waals surface area contributed by atoms with Crippen LogP contribution >= 0.6 is 0 Å². The molecular formula is C12H19N3O4. The second-order valence-corrected chi connectivity index (χ2v) is 5.45. The summed E-state index contributed by atoms with van der Waals surface area (Å²) < 4.78 is 0. The largest absolute Gasteiger partial charge is 0.480 e. The maximum Gasteiger partial charge on any atom is 0.326 e. The smallest absolute Gasteiger partial charge is 0.326 e. The summed E-state index contributed by atoms with van der Waals surface area (Å²) in [5.41, 5.74) is 10.7. The molecule has 1 heterocycles. The Labute approximate surface area is 110 Å². The number of piperidine rings is 1. The van der Waals surface area contributed by atoms with Gasteiger partial charge in [-0.15, -0.1) is 0 Å². The molecule has 3 unspecified atom stereocenters. The van der Waals surface area contributed by atoms with Gasteiger partial charge in [0.25, 0.3) is 0 Å². The van der Waals surface area contributed by atoms with Crippen LogP contribution in [0.15, 0.2) is 0 Å². The lowest BCUT2D eigenvalue weighted by atomic mass is 10.00. The van der Waals surface area contributed by atoms with Crippen molar-refractivity contribution in [2.75, 3.05) is 6.54 Å². The molecule has 19 heavy (non-hydrogen) atoms. The fourth-order valence-electron chi connectivity index (χ4n) is 2.73. The van der Waals surface area contributed by atoms with Gasteiger partial charge in [0.05, 0.1) is 6.04 Å². The number of aliphatic carboxylic acids is 1. The highest BCUT2D eigenvalue weighted by atomic mass is 16.4. The van der Waals surface area contributed by atoms with Gasteiger partial charge in [0.1, 0.15) is 6.04 Å². The molecule has 0 aromatic heterocycles. The molecule has 2 aliphatic rings. The van der Waals surface area contributed by atoms with Gasteiger partial charge in [-0.1, -0.05) is 0 Å². The second kappa shape index (κ2) is 5.16. The maximum absolute atomic E-state index is 12.2. The minimum atomic E-state index is -0.985. The van der Waals surface area contributed by atoms with E-state index in [1.807, 2.05) is 0 Å². The summed E-state index contributed by atoms with van der Waals surface area (Å²) in [6.45, 7) is 0.463. The van der Waals surface area contributed by atoms with Gasteiger partial charge in [-0.2, -0.15) is 0 Å². The molecule has 1 saturated carbocycles. The number of carboxylic acid groups (broad SMARTS) is 1. The first-order valence-corrected chi connectivity index (χ1v) is 6.47. The summed E-state index contributed by atoms with van der Waals surface area (Å²) in [4.78, 5) is 35.4. The summed E-state index contributed by atoms with van der Waals surface area (Å²) in [5, 5.41) is 9.18. The van der Waals surface area contributed by atoms with Crippen molar-refractivity contribution in [1.82, 2.24) is 4.90 Å². The summed E-state index contributed by atoms with van der Waals surface area (Å²) >= 11 is 0. The van der Waals surface area contributed by atoms with E-state index >= 15 is 0 Å². The first kappa shape index (κ1) is 13.8. The Morgan fingerprint density at radius 3 is 2.53 bits per heavy atom. The monoisotopic (exact) mass is 269 g/mol. The molecule has 2 rings (SSSR count). The van der Waals surface area contributed by atoms with Crippen molar-refractivity contribution in [3.8, 4) is 0 Å². The van der Waals surface area contributed by atoms with Crippen LogP contribution in [0, 0.1) is 11.8 Å². The normalized spacial score (nSPS) is 30.4. The van der Waals surface area contributed by atoms with Crippen LogP contribution in [0.2, 0.25) is 0 Å². The van der Waals surface area contributed by atoms with Crippen LogP contribution in [-0.4, -0.2) is 46.4 Å². The number of likely N-dealkylation sites (tertiary alicyclic amines) is 1. The molecule has 0 aromatic rings. The quantitative estimate of drug-likeness (QED) is 0.584. The zero-order valence-electron chi connectivity index (χ0n) is 10.6. The zero-order valence-corrected chi connectivity index (χ0v) is 10.6. The number of primary amides is 1. The van der Waals surface area contributed by atoms with E-state index in [2.05, 4.69) is 0 Å². The van der Waals surface area contributed by atoms with Crippen LogP contribution in [0.3, 0.4) is 0 Å². The fraction of sp³-hybridized carbons (Fsp3) is 0.750. The number of amides is 2. The summed E-state index contributed by atoms with van der Waals surface area (Å²) in [6, 6.07) is -1.64. The lowest BCUT2D eigenvalue weighted by molar-refractivity contribution is -0.153. The molecule has 7 nitrogen and oxygen atoms in total. The Balaban J connectivity index is 1.98. The molecule has 106 valence electrons. The van der Waals surface area contributed by atoms with Crippen molar-refractivity contribution < 1.29 is 19.5 Å². The molecule has 0 bridgehead atoms. The van der Waals surface area contributed by atoms with Crippen LogP contribution in [0.5, 0.6) is 0 Å². The number of nitrogens with zero attached hydrogens (tertiary/aromatic N) is 1. The predicted molar refractivity (Wildman–Crippen MR) is 65.8 cm³/mol. The van der Waals surface area contributed by atoms with Crippen LogP contribution < -0.4 is 11.5 Å². The van der Waals surface area contributed by atoms with E-state index in [0.29, 0.717) is 24.8 Å². The van der Waals surface area contributed by atoms with Gasteiger partial charge in [0.15, 0.2) is 0 Å². The molecule has 0 radical (unpaired) electrons. The van der Waals surface area contributed by atoms with Crippen molar-refractivity contribution in [2.45, 2.75) is 37.8 Å².